The average molecular weight is 285 g/mol. The standard InChI is InChI=1S/C17H19NO3/c1-14(21-20-13-15-6-4-3-5-7-15)12-18-16-8-10-17(19-2)11-9-16/h3-12,14H,13H2,1-2H3/t14-/m0/s1. The fourth-order valence-electron chi connectivity index (χ4n) is 1.67. The van der Waals surface area contributed by atoms with Gasteiger partial charge >= 0.3 is 0 Å². The Morgan fingerprint density at radius 2 is 1.76 bits per heavy atom. The molecule has 110 valence electrons. The third-order valence-electron chi connectivity index (χ3n) is 2.79. The molecule has 0 aliphatic heterocycles. The van der Waals surface area contributed by atoms with Crippen LogP contribution in [0.4, 0.5) is 5.69 Å². The first-order chi connectivity index (χ1) is 10.3. The van der Waals surface area contributed by atoms with Crippen molar-refractivity contribution in [3.05, 3.63) is 60.2 Å². The average Bonchev–Trinajstić information content (AvgIpc) is 2.54. The Balaban J connectivity index is 1.75. The van der Waals surface area contributed by atoms with Crippen LogP contribution in [0.5, 0.6) is 5.75 Å². The number of nitrogens with zero attached hydrogens (tertiary/aromatic N) is 1. The van der Waals surface area contributed by atoms with Gasteiger partial charge in [0.1, 0.15) is 18.5 Å². The largest absolute Gasteiger partial charge is 0.497 e. The van der Waals surface area contributed by atoms with E-state index in [2.05, 4.69) is 4.99 Å². The number of methoxy groups -OCH3 is 1. The molecule has 0 unspecified atom stereocenters. The van der Waals surface area contributed by atoms with Crippen molar-refractivity contribution in [1.29, 1.82) is 0 Å². The summed E-state index contributed by atoms with van der Waals surface area (Å²) < 4.78 is 5.09. The van der Waals surface area contributed by atoms with Crippen molar-refractivity contribution in [3.8, 4) is 5.75 Å². The summed E-state index contributed by atoms with van der Waals surface area (Å²) >= 11 is 0. The minimum absolute atomic E-state index is 0.226. The van der Waals surface area contributed by atoms with E-state index in [-0.39, 0.29) is 6.10 Å². The van der Waals surface area contributed by atoms with Crippen LogP contribution in [0, 0.1) is 0 Å². The van der Waals surface area contributed by atoms with E-state index in [4.69, 9.17) is 14.5 Å². The molecule has 1 atom stereocenters. The van der Waals surface area contributed by atoms with Crippen LogP contribution in [0.1, 0.15) is 12.5 Å². The van der Waals surface area contributed by atoms with Gasteiger partial charge in [-0.1, -0.05) is 30.3 Å². The molecule has 0 saturated carbocycles. The molecule has 0 spiro atoms. The lowest BCUT2D eigenvalue weighted by molar-refractivity contribution is -0.314. The van der Waals surface area contributed by atoms with Gasteiger partial charge in [0.25, 0.3) is 0 Å². The fraction of sp³-hybridized carbons (Fsp3) is 0.235. The molecule has 0 N–H and O–H groups in total. The van der Waals surface area contributed by atoms with Crippen LogP contribution in [0.15, 0.2) is 59.6 Å². The van der Waals surface area contributed by atoms with Gasteiger partial charge in [-0.05, 0) is 36.8 Å². The zero-order chi connectivity index (χ0) is 14.9. The molecule has 0 aliphatic carbocycles. The Kier molecular flexibility index (Phi) is 5.94. The number of hydrogen-bond acceptors (Lipinski definition) is 4. The molecule has 0 aromatic heterocycles. The van der Waals surface area contributed by atoms with Crippen LogP contribution in [0.25, 0.3) is 0 Å². The number of benzene rings is 2. The second-order valence-corrected chi connectivity index (χ2v) is 4.53. The van der Waals surface area contributed by atoms with Gasteiger partial charge < -0.3 is 4.74 Å². The second-order valence-electron chi connectivity index (χ2n) is 4.53. The summed E-state index contributed by atoms with van der Waals surface area (Å²) in [5, 5.41) is 0. The Morgan fingerprint density at radius 1 is 1.05 bits per heavy atom. The van der Waals surface area contributed by atoms with Crippen molar-refractivity contribution in [1.82, 2.24) is 0 Å². The van der Waals surface area contributed by atoms with Gasteiger partial charge in [0.2, 0.25) is 0 Å². The van der Waals surface area contributed by atoms with Crippen molar-refractivity contribution in [2.75, 3.05) is 7.11 Å². The predicted molar refractivity (Wildman–Crippen MR) is 82.9 cm³/mol. The van der Waals surface area contributed by atoms with E-state index in [9.17, 15) is 0 Å². The zero-order valence-electron chi connectivity index (χ0n) is 12.2. The Bertz CT molecular complexity index is 552. The van der Waals surface area contributed by atoms with Crippen molar-refractivity contribution >= 4 is 11.9 Å². The van der Waals surface area contributed by atoms with E-state index in [0.29, 0.717) is 6.61 Å². The maximum absolute atomic E-state index is 5.24. The van der Waals surface area contributed by atoms with E-state index in [1.54, 1.807) is 13.3 Å². The SMILES string of the molecule is COc1ccc(N=C[C@H](C)OOCc2ccccc2)cc1. The highest BCUT2D eigenvalue weighted by molar-refractivity contribution is 5.67. The maximum atomic E-state index is 5.24. The Hall–Kier alpha value is -2.17. The van der Waals surface area contributed by atoms with E-state index in [1.165, 1.54) is 0 Å². The van der Waals surface area contributed by atoms with Crippen molar-refractivity contribution in [3.63, 3.8) is 0 Å². The first-order valence-corrected chi connectivity index (χ1v) is 6.78. The highest BCUT2D eigenvalue weighted by atomic mass is 17.2. The summed E-state index contributed by atoms with van der Waals surface area (Å²) in [6.45, 7) is 2.29. The molecule has 4 heteroatoms. The van der Waals surface area contributed by atoms with Crippen molar-refractivity contribution in [2.45, 2.75) is 19.6 Å². The summed E-state index contributed by atoms with van der Waals surface area (Å²) in [4.78, 5) is 14.8. The van der Waals surface area contributed by atoms with Gasteiger partial charge in [-0.3, -0.25) is 4.99 Å². The van der Waals surface area contributed by atoms with Crippen molar-refractivity contribution < 1.29 is 14.5 Å². The summed E-state index contributed by atoms with van der Waals surface area (Å²) in [6.07, 6.45) is 1.48. The normalized spacial score (nSPS) is 12.5. The third kappa shape index (κ3) is 5.38. The fourth-order valence-corrected chi connectivity index (χ4v) is 1.67. The zero-order valence-corrected chi connectivity index (χ0v) is 12.2. The van der Waals surface area contributed by atoms with Crippen molar-refractivity contribution in [2.24, 2.45) is 4.99 Å². The minimum Gasteiger partial charge on any atom is -0.497 e. The van der Waals surface area contributed by atoms with Crippen LogP contribution in [0.2, 0.25) is 0 Å². The number of rotatable bonds is 7. The second kappa shape index (κ2) is 8.19. The highest BCUT2D eigenvalue weighted by Gasteiger charge is 2.00. The maximum Gasteiger partial charge on any atom is 0.125 e. The lowest BCUT2D eigenvalue weighted by Crippen LogP contribution is -2.10. The summed E-state index contributed by atoms with van der Waals surface area (Å²) in [5.74, 6) is 0.810. The topological polar surface area (TPSA) is 40.0 Å². The smallest absolute Gasteiger partial charge is 0.125 e. The first-order valence-electron chi connectivity index (χ1n) is 6.78. The van der Waals surface area contributed by atoms with E-state index in [1.807, 2.05) is 61.5 Å². The van der Waals surface area contributed by atoms with Gasteiger partial charge in [0.05, 0.1) is 12.8 Å². The lowest BCUT2D eigenvalue weighted by Gasteiger charge is -2.07. The molecule has 0 bridgehead atoms. The van der Waals surface area contributed by atoms with Gasteiger partial charge in [0.15, 0.2) is 0 Å². The van der Waals surface area contributed by atoms with Crippen LogP contribution >= 0.6 is 0 Å². The van der Waals surface area contributed by atoms with Crippen LogP contribution in [-0.4, -0.2) is 19.4 Å². The molecule has 0 saturated heterocycles. The van der Waals surface area contributed by atoms with Crippen LogP contribution < -0.4 is 4.74 Å². The molecule has 0 radical (unpaired) electrons. The molecule has 0 heterocycles. The van der Waals surface area contributed by atoms with Crippen LogP contribution in [0.3, 0.4) is 0 Å². The monoisotopic (exact) mass is 285 g/mol. The molecule has 0 fully saturated rings. The first kappa shape index (κ1) is 15.2. The molecule has 0 amide bonds. The number of ether oxygens (including phenoxy) is 1. The van der Waals surface area contributed by atoms with Gasteiger partial charge in [-0.25, -0.2) is 9.78 Å². The molecule has 0 aliphatic rings. The molecule has 4 nitrogen and oxygen atoms in total. The lowest BCUT2D eigenvalue weighted by atomic mass is 10.2. The molecular formula is C17H19NO3. The highest BCUT2D eigenvalue weighted by Crippen LogP contribution is 2.17. The van der Waals surface area contributed by atoms with Gasteiger partial charge in [-0.2, -0.15) is 0 Å². The Labute approximate surface area is 124 Å². The minimum atomic E-state index is -0.226. The number of hydrogen-bond donors (Lipinski definition) is 0. The van der Waals surface area contributed by atoms with Crippen LogP contribution in [-0.2, 0) is 16.4 Å². The molecule has 2 aromatic carbocycles. The van der Waals surface area contributed by atoms with E-state index in [0.717, 1.165) is 17.0 Å². The molecular weight excluding hydrogens is 266 g/mol. The summed E-state index contributed by atoms with van der Waals surface area (Å²) in [7, 11) is 1.64. The molecule has 2 rings (SSSR count). The number of aliphatic imine (C=N–C) groups is 1. The van der Waals surface area contributed by atoms with E-state index >= 15 is 0 Å². The predicted octanol–water partition coefficient (Wildman–Crippen LogP) is 3.93. The summed E-state index contributed by atoms with van der Waals surface area (Å²) in [5.41, 5.74) is 1.91. The third-order valence-corrected chi connectivity index (χ3v) is 2.79. The quantitative estimate of drug-likeness (QED) is 0.439. The summed E-state index contributed by atoms with van der Waals surface area (Å²) in [6, 6.07) is 17.4. The molecule has 21 heavy (non-hydrogen) atoms. The van der Waals surface area contributed by atoms with E-state index < -0.39 is 0 Å². The molecule has 2 aromatic rings. The van der Waals surface area contributed by atoms with Gasteiger partial charge in [-0.15, -0.1) is 0 Å². The van der Waals surface area contributed by atoms with Gasteiger partial charge in [0, 0.05) is 6.21 Å². The Morgan fingerprint density at radius 3 is 2.43 bits per heavy atom.